The van der Waals surface area contributed by atoms with Gasteiger partial charge in [0.15, 0.2) is 0 Å². The SMILES string of the molecule is COCCOCC(=O)N[C@H]1CCC[C@@H](C)C1. The molecule has 0 aromatic rings. The maximum atomic E-state index is 11.5. The summed E-state index contributed by atoms with van der Waals surface area (Å²) >= 11 is 0. The average molecular weight is 229 g/mol. The molecule has 4 heteroatoms. The van der Waals surface area contributed by atoms with Crippen molar-refractivity contribution in [3.63, 3.8) is 0 Å². The molecule has 2 atom stereocenters. The second-order valence-electron chi connectivity index (χ2n) is 4.58. The molecule has 0 aromatic heterocycles. The van der Waals surface area contributed by atoms with Crippen molar-refractivity contribution in [3.8, 4) is 0 Å². The summed E-state index contributed by atoms with van der Waals surface area (Å²) in [5, 5.41) is 3.02. The topological polar surface area (TPSA) is 47.6 Å². The highest BCUT2D eigenvalue weighted by molar-refractivity contribution is 5.77. The summed E-state index contributed by atoms with van der Waals surface area (Å²) in [5.74, 6) is 0.726. The van der Waals surface area contributed by atoms with Gasteiger partial charge in [0.1, 0.15) is 6.61 Å². The first-order valence-corrected chi connectivity index (χ1v) is 6.08. The molecule has 1 fully saturated rings. The number of ether oxygens (including phenoxy) is 2. The van der Waals surface area contributed by atoms with E-state index < -0.39 is 0 Å². The van der Waals surface area contributed by atoms with E-state index >= 15 is 0 Å². The van der Waals surface area contributed by atoms with Gasteiger partial charge in [-0.1, -0.05) is 19.8 Å². The van der Waals surface area contributed by atoms with E-state index in [0.717, 1.165) is 18.8 Å². The van der Waals surface area contributed by atoms with Crippen molar-refractivity contribution in [1.29, 1.82) is 0 Å². The van der Waals surface area contributed by atoms with Crippen LogP contribution >= 0.6 is 0 Å². The minimum Gasteiger partial charge on any atom is -0.382 e. The number of carbonyl (C=O) groups is 1. The largest absolute Gasteiger partial charge is 0.382 e. The number of hydrogen-bond acceptors (Lipinski definition) is 3. The van der Waals surface area contributed by atoms with Crippen LogP contribution in [-0.2, 0) is 14.3 Å². The standard InChI is InChI=1S/C12H23NO3/c1-10-4-3-5-11(8-10)13-12(14)9-16-7-6-15-2/h10-11H,3-9H2,1-2H3,(H,13,14)/t10-,11+/m1/s1. The van der Waals surface area contributed by atoms with E-state index in [1.807, 2.05) is 0 Å². The fraction of sp³-hybridized carbons (Fsp3) is 0.917. The molecule has 0 aliphatic heterocycles. The Hall–Kier alpha value is -0.610. The molecule has 0 bridgehead atoms. The van der Waals surface area contributed by atoms with Gasteiger partial charge in [0.2, 0.25) is 5.91 Å². The Bertz CT molecular complexity index is 208. The van der Waals surface area contributed by atoms with Crippen molar-refractivity contribution in [1.82, 2.24) is 5.32 Å². The van der Waals surface area contributed by atoms with E-state index in [0.29, 0.717) is 19.3 Å². The third kappa shape index (κ3) is 5.47. The molecule has 1 rings (SSSR count). The molecule has 0 aromatic carbocycles. The van der Waals surface area contributed by atoms with E-state index in [9.17, 15) is 4.79 Å². The Labute approximate surface area is 97.7 Å². The average Bonchev–Trinajstić information content (AvgIpc) is 2.24. The highest BCUT2D eigenvalue weighted by Gasteiger charge is 2.20. The van der Waals surface area contributed by atoms with Gasteiger partial charge in [-0.3, -0.25) is 4.79 Å². The van der Waals surface area contributed by atoms with E-state index in [2.05, 4.69) is 12.2 Å². The number of nitrogens with one attached hydrogen (secondary N) is 1. The van der Waals surface area contributed by atoms with Gasteiger partial charge >= 0.3 is 0 Å². The maximum Gasteiger partial charge on any atom is 0.246 e. The lowest BCUT2D eigenvalue weighted by molar-refractivity contribution is -0.127. The van der Waals surface area contributed by atoms with Crippen molar-refractivity contribution in [3.05, 3.63) is 0 Å². The number of amides is 1. The molecule has 1 aliphatic rings. The summed E-state index contributed by atoms with van der Waals surface area (Å²) in [6, 6.07) is 0.349. The highest BCUT2D eigenvalue weighted by Crippen LogP contribution is 2.23. The third-order valence-corrected chi connectivity index (χ3v) is 2.97. The number of methoxy groups -OCH3 is 1. The van der Waals surface area contributed by atoms with Gasteiger partial charge < -0.3 is 14.8 Å². The van der Waals surface area contributed by atoms with Crippen LogP contribution in [0.5, 0.6) is 0 Å². The molecule has 4 nitrogen and oxygen atoms in total. The number of carbonyl (C=O) groups excluding carboxylic acids is 1. The van der Waals surface area contributed by atoms with Gasteiger partial charge in [-0.05, 0) is 18.8 Å². The third-order valence-electron chi connectivity index (χ3n) is 2.97. The zero-order valence-corrected chi connectivity index (χ0v) is 10.3. The van der Waals surface area contributed by atoms with Crippen LogP contribution < -0.4 is 5.32 Å². The Morgan fingerprint density at radius 1 is 1.38 bits per heavy atom. The predicted molar refractivity (Wildman–Crippen MR) is 62.3 cm³/mol. The summed E-state index contributed by atoms with van der Waals surface area (Å²) < 4.78 is 10.00. The molecular formula is C12H23NO3. The van der Waals surface area contributed by atoms with E-state index in [1.165, 1.54) is 12.8 Å². The molecule has 0 saturated heterocycles. The van der Waals surface area contributed by atoms with Crippen molar-refractivity contribution in [2.75, 3.05) is 26.9 Å². The molecular weight excluding hydrogens is 206 g/mol. The fourth-order valence-corrected chi connectivity index (χ4v) is 2.14. The van der Waals surface area contributed by atoms with Crippen LogP contribution in [0.2, 0.25) is 0 Å². The van der Waals surface area contributed by atoms with Gasteiger partial charge in [-0.25, -0.2) is 0 Å². The monoisotopic (exact) mass is 229 g/mol. The predicted octanol–water partition coefficient (Wildman–Crippen LogP) is 1.34. The number of rotatable bonds is 6. The fourth-order valence-electron chi connectivity index (χ4n) is 2.14. The van der Waals surface area contributed by atoms with Crippen LogP contribution in [0.1, 0.15) is 32.6 Å². The molecule has 1 N–H and O–H groups in total. The molecule has 0 unspecified atom stereocenters. The van der Waals surface area contributed by atoms with Crippen molar-refractivity contribution in [2.24, 2.45) is 5.92 Å². The number of hydrogen-bond donors (Lipinski definition) is 1. The normalized spacial score (nSPS) is 25.4. The Morgan fingerprint density at radius 2 is 2.19 bits per heavy atom. The van der Waals surface area contributed by atoms with Crippen molar-refractivity contribution >= 4 is 5.91 Å². The second-order valence-corrected chi connectivity index (χ2v) is 4.58. The zero-order valence-electron chi connectivity index (χ0n) is 10.3. The van der Waals surface area contributed by atoms with Gasteiger partial charge in [-0.15, -0.1) is 0 Å². The highest BCUT2D eigenvalue weighted by atomic mass is 16.5. The summed E-state index contributed by atoms with van der Waals surface area (Å²) in [4.78, 5) is 11.5. The van der Waals surface area contributed by atoms with Gasteiger partial charge in [0.05, 0.1) is 13.2 Å². The van der Waals surface area contributed by atoms with Crippen molar-refractivity contribution < 1.29 is 14.3 Å². The van der Waals surface area contributed by atoms with E-state index in [-0.39, 0.29) is 12.5 Å². The Kier molecular flexibility index (Phi) is 6.42. The lowest BCUT2D eigenvalue weighted by Gasteiger charge is -2.27. The molecule has 1 saturated carbocycles. The molecule has 0 heterocycles. The molecule has 16 heavy (non-hydrogen) atoms. The van der Waals surface area contributed by atoms with Gasteiger partial charge in [0.25, 0.3) is 0 Å². The Morgan fingerprint density at radius 3 is 2.88 bits per heavy atom. The molecule has 0 spiro atoms. The van der Waals surface area contributed by atoms with Crippen LogP contribution in [-0.4, -0.2) is 38.9 Å². The van der Waals surface area contributed by atoms with Gasteiger partial charge in [0, 0.05) is 13.2 Å². The first-order valence-electron chi connectivity index (χ1n) is 6.08. The lowest BCUT2D eigenvalue weighted by atomic mass is 9.87. The summed E-state index contributed by atoms with van der Waals surface area (Å²) in [7, 11) is 1.62. The van der Waals surface area contributed by atoms with Gasteiger partial charge in [-0.2, -0.15) is 0 Å². The van der Waals surface area contributed by atoms with Crippen LogP contribution in [0.3, 0.4) is 0 Å². The maximum absolute atomic E-state index is 11.5. The van der Waals surface area contributed by atoms with Crippen LogP contribution in [0.4, 0.5) is 0 Å². The molecule has 0 radical (unpaired) electrons. The first-order chi connectivity index (χ1) is 7.72. The quantitative estimate of drug-likeness (QED) is 0.699. The first kappa shape index (κ1) is 13.5. The summed E-state index contributed by atoms with van der Waals surface area (Å²) in [6.07, 6.45) is 4.71. The van der Waals surface area contributed by atoms with Crippen LogP contribution in [0.25, 0.3) is 0 Å². The molecule has 1 amide bonds. The lowest BCUT2D eigenvalue weighted by Crippen LogP contribution is -2.40. The van der Waals surface area contributed by atoms with E-state index in [4.69, 9.17) is 9.47 Å². The van der Waals surface area contributed by atoms with Crippen LogP contribution in [0, 0.1) is 5.92 Å². The summed E-state index contributed by atoms with van der Waals surface area (Å²) in [5.41, 5.74) is 0. The van der Waals surface area contributed by atoms with E-state index in [1.54, 1.807) is 7.11 Å². The Balaban J connectivity index is 2.08. The molecule has 94 valence electrons. The van der Waals surface area contributed by atoms with Crippen molar-refractivity contribution in [2.45, 2.75) is 38.6 Å². The second kappa shape index (κ2) is 7.63. The smallest absolute Gasteiger partial charge is 0.246 e. The zero-order chi connectivity index (χ0) is 11.8. The van der Waals surface area contributed by atoms with Crippen LogP contribution in [0.15, 0.2) is 0 Å². The minimum absolute atomic E-state index is 0.00444. The summed E-state index contributed by atoms with van der Waals surface area (Å²) in [6.45, 7) is 3.40. The minimum atomic E-state index is -0.00444. The molecule has 1 aliphatic carbocycles.